The molecule has 0 saturated carbocycles. The third-order valence-corrected chi connectivity index (χ3v) is 5.41. The standard InChI is InChI=1S/C19H27N3O5S/c1-10-15(18(26)27-6)12(20-16(10)11(2)23)7-14(24)22-9-28-8-13(22)17(25)21-19(3,4)5/h13,20H,7-9H2,1-6H3,(H,21,25). The highest BCUT2D eigenvalue weighted by atomic mass is 32.2. The van der Waals surface area contributed by atoms with Gasteiger partial charge in [0.15, 0.2) is 5.78 Å². The first-order chi connectivity index (χ1) is 13.0. The third kappa shape index (κ3) is 4.76. The first-order valence-corrected chi connectivity index (χ1v) is 10.1. The number of H-pyrrole nitrogens is 1. The molecule has 2 N–H and O–H groups in total. The number of aromatic amines is 1. The Hall–Kier alpha value is -2.29. The van der Waals surface area contributed by atoms with E-state index in [1.807, 2.05) is 20.8 Å². The molecule has 0 radical (unpaired) electrons. The van der Waals surface area contributed by atoms with E-state index in [1.54, 1.807) is 6.92 Å². The lowest BCUT2D eigenvalue weighted by Gasteiger charge is -2.27. The normalized spacial score (nSPS) is 16.8. The van der Waals surface area contributed by atoms with E-state index >= 15 is 0 Å². The summed E-state index contributed by atoms with van der Waals surface area (Å²) in [5, 5.41) is 2.90. The molecule has 2 rings (SSSR count). The Morgan fingerprint density at radius 2 is 1.93 bits per heavy atom. The Kier molecular flexibility index (Phi) is 6.59. The van der Waals surface area contributed by atoms with E-state index in [9.17, 15) is 19.2 Å². The number of hydrogen-bond donors (Lipinski definition) is 2. The highest BCUT2D eigenvalue weighted by molar-refractivity contribution is 7.99. The summed E-state index contributed by atoms with van der Waals surface area (Å²) in [5.41, 5.74) is 0.861. The van der Waals surface area contributed by atoms with Gasteiger partial charge in [-0.1, -0.05) is 0 Å². The first-order valence-electron chi connectivity index (χ1n) is 8.96. The maximum absolute atomic E-state index is 12.9. The fourth-order valence-electron chi connectivity index (χ4n) is 3.13. The summed E-state index contributed by atoms with van der Waals surface area (Å²) in [6.45, 7) is 8.67. The molecule has 0 aliphatic carbocycles. The van der Waals surface area contributed by atoms with Crippen LogP contribution >= 0.6 is 11.8 Å². The molecule has 1 aromatic rings. The van der Waals surface area contributed by atoms with Crippen LogP contribution in [0.1, 0.15) is 59.8 Å². The lowest BCUT2D eigenvalue weighted by molar-refractivity contribution is -0.138. The number of hydrogen-bond acceptors (Lipinski definition) is 6. The maximum Gasteiger partial charge on any atom is 0.339 e. The molecule has 1 fully saturated rings. The molecule has 154 valence electrons. The van der Waals surface area contributed by atoms with Gasteiger partial charge in [-0.3, -0.25) is 14.4 Å². The Bertz CT molecular complexity index is 809. The number of esters is 1. The van der Waals surface area contributed by atoms with Crippen molar-refractivity contribution in [3.8, 4) is 0 Å². The molecule has 8 nitrogen and oxygen atoms in total. The lowest BCUT2D eigenvalue weighted by Crippen LogP contribution is -2.52. The van der Waals surface area contributed by atoms with Crippen LogP contribution in [0.15, 0.2) is 0 Å². The van der Waals surface area contributed by atoms with Crippen LogP contribution in [0.2, 0.25) is 0 Å². The Morgan fingerprint density at radius 3 is 2.46 bits per heavy atom. The van der Waals surface area contributed by atoms with Crippen LogP contribution in [0.25, 0.3) is 0 Å². The predicted octanol–water partition coefficient (Wildman–Crippen LogP) is 1.67. The Balaban J connectivity index is 2.26. The molecule has 1 atom stereocenters. The quantitative estimate of drug-likeness (QED) is 0.566. The lowest BCUT2D eigenvalue weighted by atomic mass is 10.1. The zero-order valence-corrected chi connectivity index (χ0v) is 17.9. The monoisotopic (exact) mass is 409 g/mol. The SMILES string of the molecule is COC(=O)c1c(CC(=O)N2CSCC2C(=O)NC(C)(C)C)[nH]c(C(C)=O)c1C. The number of amides is 2. The van der Waals surface area contributed by atoms with Crippen molar-refractivity contribution in [2.75, 3.05) is 18.7 Å². The van der Waals surface area contributed by atoms with Crippen LogP contribution in [0.3, 0.4) is 0 Å². The van der Waals surface area contributed by atoms with Gasteiger partial charge in [-0.05, 0) is 33.3 Å². The summed E-state index contributed by atoms with van der Waals surface area (Å²) >= 11 is 1.50. The summed E-state index contributed by atoms with van der Waals surface area (Å²) in [5.74, 6) is -0.428. The highest BCUT2D eigenvalue weighted by Crippen LogP contribution is 2.25. The second-order valence-corrected chi connectivity index (χ2v) is 8.82. The number of nitrogens with zero attached hydrogens (tertiary/aromatic N) is 1. The van der Waals surface area contributed by atoms with Gasteiger partial charge in [0, 0.05) is 23.9 Å². The summed E-state index contributed by atoms with van der Waals surface area (Å²) in [7, 11) is 1.25. The second kappa shape index (κ2) is 8.38. The smallest absolute Gasteiger partial charge is 0.339 e. The average Bonchev–Trinajstić information content (AvgIpc) is 3.17. The number of methoxy groups -OCH3 is 1. The second-order valence-electron chi connectivity index (χ2n) is 7.82. The van der Waals surface area contributed by atoms with Gasteiger partial charge in [0.2, 0.25) is 11.8 Å². The molecule has 2 amide bonds. The van der Waals surface area contributed by atoms with Crippen molar-refractivity contribution < 1.29 is 23.9 Å². The molecule has 1 aliphatic heterocycles. The van der Waals surface area contributed by atoms with Crippen molar-refractivity contribution >= 4 is 35.3 Å². The minimum atomic E-state index is -0.609. The van der Waals surface area contributed by atoms with Crippen molar-refractivity contribution in [2.24, 2.45) is 0 Å². The number of aromatic nitrogens is 1. The fourth-order valence-corrected chi connectivity index (χ4v) is 4.31. The number of carbonyl (C=O) groups is 4. The van der Waals surface area contributed by atoms with Gasteiger partial charge in [0.05, 0.1) is 30.7 Å². The van der Waals surface area contributed by atoms with Crippen molar-refractivity contribution in [1.82, 2.24) is 15.2 Å². The molecular weight excluding hydrogens is 382 g/mol. The number of thioether (sulfide) groups is 1. The molecule has 1 unspecified atom stereocenters. The Morgan fingerprint density at radius 1 is 1.29 bits per heavy atom. The van der Waals surface area contributed by atoms with Crippen LogP contribution in [-0.4, -0.2) is 63.8 Å². The molecule has 1 aliphatic rings. The molecule has 2 heterocycles. The molecule has 28 heavy (non-hydrogen) atoms. The summed E-state index contributed by atoms with van der Waals surface area (Å²) in [4.78, 5) is 53.9. The zero-order valence-electron chi connectivity index (χ0n) is 17.1. The van der Waals surface area contributed by atoms with Gasteiger partial charge in [0.1, 0.15) is 6.04 Å². The molecule has 0 bridgehead atoms. The number of ketones is 1. The topological polar surface area (TPSA) is 109 Å². The van der Waals surface area contributed by atoms with E-state index in [1.165, 1.54) is 30.7 Å². The Labute approximate surface area is 168 Å². The van der Waals surface area contributed by atoms with Crippen LogP contribution < -0.4 is 5.32 Å². The molecule has 0 spiro atoms. The molecule has 9 heteroatoms. The van der Waals surface area contributed by atoms with Crippen molar-refractivity contribution in [3.05, 3.63) is 22.5 Å². The number of ether oxygens (including phenoxy) is 1. The van der Waals surface area contributed by atoms with Crippen molar-refractivity contribution in [3.63, 3.8) is 0 Å². The molecule has 0 aromatic carbocycles. The van der Waals surface area contributed by atoms with Crippen LogP contribution in [0.5, 0.6) is 0 Å². The first kappa shape index (κ1) is 22.0. The van der Waals surface area contributed by atoms with Crippen LogP contribution in [0.4, 0.5) is 0 Å². The zero-order chi connectivity index (χ0) is 21.2. The van der Waals surface area contributed by atoms with E-state index in [-0.39, 0.29) is 35.3 Å². The van der Waals surface area contributed by atoms with Crippen molar-refractivity contribution in [2.45, 2.75) is 52.6 Å². The maximum atomic E-state index is 12.9. The average molecular weight is 410 g/mol. The minimum Gasteiger partial charge on any atom is -0.465 e. The summed E-state index contributed by atoms with van der Waals surface area (Å²) in [6.07, 6.45) is -0.127. The van der Waals surface area contributed by atoms with E-state index in [0.717, 1.165) is 0 Å². The van der Waals surface area contributed by atoms with E-state index in [0.29, 0.717) is 22.9 Å². The predicted molar refractivity (Wildman–Crippen MR) is 106 cm³/mol. The van der Waals surface area contributed by atoms with Crippen molar-refractivity contribution in [1.29, 1.82) is 0 Å². The summed E-state index contributed by atoms with van der Waals surface area (Å²) < 4.78 is 4.81. The van der Waals surface area contributed by atoms with E-state index in [4.69, 9.17) is 4.74 Å². The molecule has 1 aromatic heterocycles. The minimum absolute atomic E-state index is 0.127. The van der Waals surface area contributed by atoms with Gasteiger partial charge in [0.25, 0.3) is 0 Å². The van der Waals surface area contributed by atoms with Crippen LogP contribution in [-0.2, 0) is 20.7 Å². The van der Waals surface area contributed by atoms with Gasteiger partial charge in [-0.15, -0.1) is 11.8 Å². The molecule has 1 saturated heterocycles. The van der Waals surface area contributed by atoms with Gasteiger partial charge < -0.3 is 19.9 Å². The number of Topliss-reactive ketones (excluding diaryl/α,β-unsaturated/α-hetero) is 1. The van der Waals surface area contributed by atoms with Gasteiger partial charge in [-0.25, -0.2) is 4.79 Å². The highest BCUT2D eigenvalue weighted by Gasteiger charge is 2.36. The largest absolute Gasteiger partial charge is 0.465 e. The van der Waals surface area contributed by atoms with E-state index < -0.39 is 17.6 Å². The van der Waals surface area contributed by atoms with Gasteiger partial charge in [-0.2, -0.15) is 0 Å². The fraction of sp³-hybridized carbons (Fsp3) is 0.579. The molecular formula is C19H27N3O5S. The van der Waals surface area contributed by atoms with E-state index in [2.05, 4.69) is 10.3 Å². The summed E-state index contributed by atoms with van der Waals surface area (Å²) in [6, 6.07) is -0.568. The van der Waals surface area contributed by atoms with Crippen LogP contribution in [0, 0.1) is 6.92 Å². The number of nitrogens with one attached hydrogen (secondary N) is 2. The number of carbonyl (C=O) groups excluding carboxylic acids is 4. The third-order valence-electron chi connectivity index (χ3n) is 4.40. The van der Waals surface area contributed by atoms with Gasteiger partial charge >= 0.3 is 5.97 Å². The number of rotatable bonds is 5.